The molecule has 94 valence electrons. The van der Waals surface area contributed by atoms with Gasteiger partial charge in [0.2, 0.25) is 0 Å². The number of hydrogen-bond donors (Lipinski definition) is 1. The van der Waals surface area contributed by atoms with Gasteiger partial charge < -0.3 is 10.1 Å². The molecule has 1 saturated heterocycles. The van der Waals surface area contributed by atoms with Crippen LogP contribution in [0.4, 0.5) is 0 Å². The molecule has 2 aliphatic rings. The molecule has 2 heterocycles. The Morgan fingerprint density at radius 1 is 1.33 bits per heavy atom. The van der Waals surface area contributed by atoms with Crippen molar-refractivity contribution in [3.05, 3.63) is 28.8 Å². The highest BCUT2D eigenvalue weighted by Gasteiger charge is 2.28. The highest BCUT2D eigenvalue weighted by molar-refractivity contribution is 7.18. The number of aromatic nitrogens is 1. The van der Waals surface area contributed by atoms with Gasteiger partial charge in [-0.3, -0.25) is 0 Å². The van der Waals surface area contributed by atoms with Crippen LogP contribution in [0.2, 0.25) is 0 Å². The molecule has 0 radical (unpaired) electrons. The van der Waals surface area contributed by atoms with Crippen molar-refractivity contribution >= 4 is 21.6 Å². The Kier molecular flexibility index (Phi) is 2.60. The van der Waals surface area contributed by atoms with Crippen molar-refractivity contribution in [2.75, 3.05) is 19.7 Å². The third kappa shape index (κ3) is 1.85. The van der Waals surface area contributed by atoms with Crippen LogP contribution in [-0.2, 0) is 4.74 Å². The molecule has 1 saturated carbocycles. The lowest BCUT2D eigenvalue weighted by Crippen LogP contribution is -2.33. The summed E-state index contributed by atoms with van der Waals surface area (Å²) in [7, 11) is 0. The van der Waals surface area contributed by atoms with Gasteiger partial charge in [-0.1, -0.05) is 12.1 Å². The van der Waals surface area contributed by atoms with E-state index in [2.05, 4.69) is 23.5 Å². The second-order valence-corrected chi connectivity index (χ2v) is 6.15. The minimum atomic E-state index is 0.164. The van der Waals surface area contributed by atoms with Crippen LogP contribution in [0.5, 0.6) is 0 Å². The number of hydrogen-bond acceptors (Lipinski definition) is 4. The van der Waals surface area contributed by atoms with Crippen LogP contribution in [0.25, 0.3) is 10.2 Å². The Morgan fingerprint density at radius 3 is 3.06 bits per heavy atom. The molecule has 4 heteroatoms. The first kappa shape index (κ1) is 10.9. The molecular formula is C14H16N2OS. The Balaban J connectivity index is 1.78. The van der Waals surface area contributed by atoms with Crippen LogP contribution >= 0.6 is 11.3 Å². The van der Waals surface area contributed by atoms with E-state index in [0.29, 0.717) is 0 Å². The maximum Gasteiger partial charge on any atom is 0.0971 e. The first-order valence-electron chi connectivity index (χ1n) is 6.63. The number of fused-ring (bicyclic) bond motifs is 1. The zero-order valence-corrected chi connectivity index (χ0v) is 11.0. The number of nitrogens with one attached hydrogen (secondary N) is 1. The van der Waals surface area contributed by atoms with Crippen LogP contribution in [-0.4, -0.2) is 24.7 Å². The van der Waals surface area contributed by atoms with E-state index in [1.165, 1.54) is 28.1 Å². The van der Waals surface area contributed by atoms with Gasteiger partial charge in [-0.25, -0.2) is 4.98 Å². The number of morpholine rings is 1. The van der Waals surface area contributed by atoms with Gasteiger partial charge in [0.15, 0.2) is 0 Å². The third-order valence-corrected chi connectivity index (χ3v) is 4.85. The Morgan fingerprint density at radius 2 is 2.28 bits per heavy atom. The van der Waals surface area contributed by atoms with Crippen molar-refractivity contribution in [3.63, 3.8) is 0 Å². The predicted molar refractivity (Wildman–Crippen MR) is 73.2 cm³/mol. The van der Waals surface area contributed by atoms with E-state index < -0.39 is 0 Å². The van der Waals surface area contributed by atoms with Crippen molar-refractivity contribution in [1.82, 2.24) is 10.3 Å². The fourth-order valence-corrected chi connectivity index (χ4v) is 3.69. The zero-order valence-electron chi connectivity index (χ0n) is 10.2. The number of para-hydroxylation sites is 1. The number of ether oxygens (including phenoxy) is 1. The van der Waals surface area contributed by atoms with E-state index in [1.54, 1.807) is 0 Å². The van der Waals surface area contributed by atoms with Gasteiger partial charge in [0.05, 0.1) is 27.9 Å². The number of rotatable bonds is 2. The summed E-state index contributed by atoms with van der Waals surface area (Å²) in [6.45, 7) is 2.65. The maximum atomic E-state index is 5.86. The quantitative estimate of drug-likeness (QED) is 0.901. The second-order valence-electron chi connectivity index (χ2n) is 5.08. The summed E-state index contributed by atoms with van der Waals surface area (Å²) in [5, 5.41) is 4.71. The van der Waals surface area contributed by atoms with Gasteiger partial charge in [-0.05, 0) is 18.9 Å². The maximum absolute atomic E-state index is 5.86. The molecular weight excluding hydrogens is 244 g/mol. The summed E-state index contributed by atoms with van der Waals surface area (Å²) in [6.07, 6.45) is 2.80. The second kappa shape index (κ2) is 4.30. The molecule has 1 atom stereocenters. The molecule has 0 bridgehead atoms. The molecule has 1 aliphatic carbocycles. The van der Waals surface area contributed by atoms with Crippen molar-refractivity contribution in [2.45, 2.75) is 24.9 Å². The topological polar surface area (TPSA) is 34.1 Å². The van der Waals surface area contributed by atoms with E-state index in [1.807, 2.05) is 11.3 Å². The van der Waals surface area contributed by atoms with E-state index in [0.717, 1.165) is 31.1 Å². The van der Waals surface area contributed by atoms with E-state index in [-0.39, 0.29) is 6.10 Å². The summed E-state index contributed by atoms with van der Waals surface area (Å²) in [4.78, 5) is 4.86. The molecule has 1 aromatic heterocycles. The molecule has 0 amide bonds. The van der Waals surface area contributed by atoms with Crippen LogP contribution < -0.4 is 5.32 Å². The van der Waals surface area contributed by atoms with Gasteiger partial charge in [-0.2, -0.15) is 0 Å². The average molecular weight is 260 g/mol. The number of thiazole rings is 1. The van der Waals surface area contributed by atoms with Crippen molar-refractivity contribution in [3.8, 4) is 0 Å². The normalized spacial score (nSPS) is 24.6. The van der Waals surface area contributed by atoms with E-state index in [4.69, 9.17) is 9.72 Å². The smallest absolute Gasteiger partial charge is 0.0971 e. The lowest BCUT2D eigenvalue weighted by molar-refractivity contribution is 0.0285. The molecule has 1 aromatic carbocycles. The summed E-state index contributed by atoms with van der Waals surface area (Å²) in [6, 6.07) is 6.47. The largest absolute Gasteiger partial charge is 0.371 e. The third-order valence-electron chi connectivity index (χ3n) is 3.67. The lowest BCUT2D eigenvalue weighted by Gasteiger charge is -2.24. The molecule has 0 spiro atoms. The predicted octanol–water partition coefficient (Wildman–Crippen LogP) is 2.83. The minimum absolute atomic E-state index is 0.164. The van der Waals surface area contributed by atoms with Crippen LogP contribution in [0.15, 0.2) is 18.2 Å². The van der Waals surface area contributed by atoms with Gasteiger partial charge in [0, 0.05) is 24.6 Å². The SMILES string of the molecule is c1cc(C2CNCCO2)c2nc(C3CC3)sc2c1. The Hall–Kier alpha value is -0.970. The van der Waals surface area contributed by atoms with Crippen molar-refractivity contribution in [2.24, 2.45) is 0 Å². The number of nitrogens with zero attached hydrogens (tertiary/aromatic N) is 1. The minimum Gasteiger partial charge on any atom is -0.371 e. The van der Waals surface area contributed by atoms with Crippen LogP contribution in [0, 0.1) is 0 Å². The zero-order chi connectivity index (χ0) is 11.9. The molecule has 3 nitrogen and oxygen atoms in total. The summed E-state index contributed by atoms with van der Waals surface area (Å²) in [5.41, 5.74) is 2.42. The monoisotopic (exact) mass is 260 g/mol. The summed E-state index contributed by atoms with van der Waals surface area (Å²) in [5.74, 6) is 0.737. The van der Waals surface area contributed by atoms with Gasteiger partial charge in [-0.15, -0.1) is 11.3 Å². The van der Waals surface area contributed by atoms with Crippen LogP contribution in [0.3, 0.4) is 0 Å². The molecule has 1 unspecified atom stereocenters. The molecule has 4 rings (SSSR count). The van der Waals surface area contributed by atoms with Gasteiger partial charge >= 0.3 is 0 Å². The molecule has 18 heavy (non-hydrogen) atoms. The molecule has 1 N–H and O–H groups in total. The highest BCUT2D eigenvalue weighted by atomic mass is 32.1. The lowest BCUT2D eigenvalue weighted by atomic mass is 10.1. The van der Waals surface area contributed by atoms with Crippen molar-refractivity contribution in [1.29, 1.82) is 0 Å². The standard InChI is InChI=1S/C14H16N2OS/c1-2-10(11-8-15-6-7-17-11)13-12(3-1)18-14(16-13)9-4-5-9/h1-3,9,11,15H,4-8H2. The first-order valence-corrected chi connectivity index (χ1v) is 7.45. The first-order chi connectivity index (χ1) is 8.92. The van der Waals surface area contributed by atoms with E-state index >= 15 is 0 Å². The Labute approximate surface area is 110 Å². The molecule has 2 aromatic rings. The summed E-state index contributed by atoms with van der Waals surface area (Å²) < 4.78 is 7.17. The number of benzene rings is 1. The highest BCUT2D eigenvalue weighted by Crippen LogP contribution is 2.44. The van der Waals surface area contributed by atoms with Crippen molar-refractivity contribution < 1.29 is 4.74 Å². The fourth-order valence-electron chi connectivity index (χ4n) is 2.52. The fraction of sp³-hybridized carbons (Fsp3) is 0.500. The van der Waals surface area contributed by atoms with Crippen LogP contribution in [0.1, 0.15) is 35.4 Å². The van der Waals surface area contributed by atoms with Gasteiger partial charge in [0.1, 0.15) is 0 Å². The Bertz CT molecular complexity index is 570. The van der Waals surface area contributed by atoms with E-state index in [9.17, 15) is 0 Å². The molecule has 1 aliphatic heterocycles. The van der Waals surface area contributed by atoms with Gasteiger partial charge in [0.25, 0.3) is 0 Å². The summed E-state index contributed by atoms with van der Waals surface area (Å²) >= 11 is 1.86. The average Bonchev–Trinajstić information content (AvgIpc) is 3.18. The molecule has 2 fully saturated rings.